The zero-order chi connectivity index (χ0) is 18.5. The molecule has 0 aliphatic heterocycles. The van der Waals surface area contributed by atoms with Crippen LogP contribution in [0.4, 0.5) is 5.69 Å². The lowest BCUT2D eigenvalue weighted by Crippen LogP contribution is -2.15. The van der Waals surface area contributed by atoms with Crippen molar-refractivity contribution in [2.45, 2.75) is 39.0 Å². The van der Waals surface area contributed by atoms with Crippen molar-refractivity contribution in [1.82, 2.24) is 5.32 Å². The Kier molecular flexibility index (Phi) is 5.96. The van der Waals surface area contributed by atoms with Crippen LogP contribution in [0.25, 0.3) is 0 Å². The van der Waals surface area contributed by atoms with E-state index in [1.54, 1.807) is 18.2 Å². The van der Waals surface area contributed by atoms with Crippen molar-refractivity contribution in [2.24, 2.45) is 0 Å². The number of non-ortho nitro benzene ring substituents is 1. The summed E-state index contributed by atoms with van der Waals surface area (Å²) in [4.78, 5) is 10.3. The minimum Gasteiger partial charge on any atom is -0.490 e. The van der Waals surface area contributed by atoms with Crippen molar-refractivity contribution in [1.29, 1.82) is 0 Å². The second kappa shape index (κ2) is 8.38. The highest BCUT2D eigenvalue weighted by atomic mass is 35.5. The molecule has 3 rings (SSSR count). The van der Waals surface area contributed by atoms with Crippen LogP contribution in [0.3, 0.4) is 0 Å². The van der Waals surface area contributed by atoms with Crippen LogP contribution in [0.5, 0.6) is 11.5 Å². The van der Waals surface area contributed by atoms with E-state index in [4.69, 9.17) is 21.1 Å². The van der Waals surface area contributed by atoms with E-state index < -0.39 is 4.92 Å². The molecule has 0 heterocycles. The van der Waals surface area contributed by atoms with Gasteiger partial charge in [0.1, 0.15) is 6.61 Å². The predicted molar refractivity (Wildman–Crippen MR) is 99.9 cm³/mol. The van der Waals surface area contributed by atoms with Crippen LogP contribution in [0.15, 0.2) is 36.4 Å². The van der Waals surface area contributed by atoms with Crippen molar-refractivity contribution >= 4 is 17.3 Å². The van der Waals surface area contributed by atoms with E-state index in [1.165, 1.54) is 25.0 Å². The molecule has 1 aliphatic rings. The molecule has 0 atom stereocenters. The molecule has 1 saturated carbocycles. The Morgan fingerprint density at radius 3 is 2.50 bits per heavy atom. The SMILES string of the molecule is CCOc1cc(CNC2CC2)c(Cl)cc1OCc1ccc([N+](=O)[O-])cc1. The number of benzene rings is 2. The number of nitrogens with one attached hydrogen (secondary N) is 1. The second-order valence-electron chi connectivity index (χ2n) is 6.19. The number of halogens is 1. The van der Waals surface area contributed by atoms with Gasteiger partial charge in [-0.2, -0.15) is 0 Å². The molecule has 1 aliphatic carbocycles. The van der Waals surface area contributed by atoms with Crippen LogP contribution in [-0.2, 0) is 13.2 Å². The summed E-state index contributed by atoms with van der Waals surface area (Å²) in [6.45, 7) is 3.40. The van der Waals surface area contributed by atoms with Crippen LogP contribution >= 0.6 is 11.6 Å². The molecule has 7 heteroatoms. The van der Waals surface area contributed by atoms with Crippen LogP contribution in [0.2, 0.25) is 5.02 Å². The average Bonchev–Trinajstić information content (AvgIpc) is 3.45. The minimum atomic E-state index is -0.425. The molecule has 0 unspecified atom stereocenters. The molecule has 1 N–H and O–H groups in total. The van der Waals surface area contributed by atoms with Crippen molar-refractivity contribution in [3.8, 4) is 11.5 Å². The first-order valence-corrected chi connectivity index (χ1v) is 8.99. The van der Waals surface area contributed by atoms with Gasteiger partial charge in [-0.05, 0) is 49.1 Å². The van der Waals surface area contributed by atoms with Crippen molar-refractivity contribution < 1.29 is 14.4 Å². The van der Waals surface area contributed by atoms with E-state index in [1.807, 2.05) is 13.0 Å². The molecule has 0 aromatic heterocycles. The molecule has 1 fully saturated rings. The third kappa shape index (κ3) is 4.86. The third-order valence-corrected chi connectivity index (χ3v) is 4.46. The van der Waals surface area contributed by atoms with E-state index in [-0.39, 0.29) is 12.3 Å². The van der Waals surface area contributed by atoms with Crippen molar-refractivity contribution in [3.05, 3.63) is 62.7 Å². The minimum absolute atomic E-state index is 0.0549. The lowest BCUT2D eigenvalue weighted by atomic mass is 10.2. The van der Waals surface area contributed by atoms with Crippen LogP contribution < -0.4 is 14.8 Å². The quantitative estimate of drug-likeness (QED) is 0.516. The van der Waals surface area contributed by atoms with Gasteiger partial charge in [0.25, 0.3) is 5.69 Å². The Balaban J connectivity index is 1.70. The summed E-state index contributed by atoms with van der Waals surface area (Å²) in [6.07, 6.45) is 2.43. The largest absolute Gasteiger partial charge is 0.490 e. The first-order valence-electron chi connectivity index (χ1n) is 8.61. The topological polar surface area (TPSA) is 73.6 Å². The van der Waals surface area contributed by atoms with Crippen LogP contribution in [0, 0.1) is 10.1 Å². The Morgan fingerprint density at radius 2 is 1.88 bits per heavy atom. The molecule has 0 spiro atoms. The molecule has 0 radical (unpaired) electrons. The highest BCUT2D eigenvalue weighted by molar-refractivity contribution is 6.31. The summed E-state index contributed by atoms with van der Waals surface area (Å²) < 4.78 is 11.5. The second-order valence-corrected chi connectivity index (χ2v) is 6.60. The van der Waals surface area contributed by atoms with E-state index in [2.05, 4.69) is 5.32 Å². The monoisotopic (exact) mass is 376 g/mol. The van der Waals surface area contributed by atoms with Gasteiger partial charge < -0.3 is 14.8 Å². The smallest absolute Gasteiger partial charge is 0.269 e. The van der Waals surface area contributed by atoms with E-state index in [0.29, 0.717) is 35.7 Å². The molecule has 2 aromatic rings. The summed E-state index contributed by atoms with van der Waals surface area (Å²) in [7, 11) is 0. The molecule has 26 heavy (non-hydrogen) atoms. The van der Waals surface area contributed by atoms with Crippen LogP contribution in [0.1, 0.15) is 30.9 Å². The van der Waals surface area contributed by atoms with Gasteiger partial charge in [0.15, 0.2) is 11.5 Å². The predicted octanol–water partition coefficient (Wildman–Crippen LogP) is 4.48. The van der Waals surface area contributed by atoms with Gasteiger partial charge in [-0.15, -0.1) is 0 Å². The highest BCUT2D eigenvalue weighted by Gasteiger charge is 2.21. The number of ether oxygens (including phenoxy) is 2. The van der Waals surface area contributed by atoms with Gasteiger partial charge in [-0.1, -0.05) is 11.6 Å². The number of hydrogen-bond acceptors (Lipinski definition) is 5. The van der Waals surface area contributed by atoms with Gasteiger partial charge >= 0.3 is 0 Å². The summed E-state index contributed by atoms with van der Waals surface area (Å²) >= 11 is 6.39. The molecule has 0 amide bonds. The van der Waals surface area contributed by atoms with Gasteiger partial charge in [-0.25, -0.2) is 0 Å². The summed E-state index contributed by atoms with van der Waals surface area (Å²) in [5, 5.41) is 14.8. The highest BCUT2D eigenvalue weighted by Crippen LogP contribution is 2.34. The number of hydrogen-bond donors (Lipinski definition) is 1. The first kappa shape index (κ1) is 18.5. The Labute approximate surface area is 157 Å². The fourth-order valence-electron chi connectivity index (χ4n) is 2.51. The number of rotatable bonds is 9. The lowest BCUT2D eigenvalue weighted by Gasteiger charge is -2.15. The van der Waals surface area contributed by atoms with Crippen molar-refractivity contribution in [3.63, 3.8) is 0 Å². The molecule has 6 nitrogen and oxygen atoms in total. The molecular weight excluding hydrogens is 356 g/mol. The molecule has 2 aromatic carbocycles. The van der Waals surface area contributed by atoms with Crippen molar-refractivity contribution in [2.75, 3.05) is 6.61 Å². The molecule has 0 saturated heterocycles. The fourth-order valence-corrected chi connectivity index (χ4v) is 2.73. The number of nitrogens with zero attached hydrogens (tertiary/aromatic N) is 1. The number of nitro groups is 1. The Bertz CT molecular complexity index is 776. The van der Waals surface area contributed by atoms with E-state index >= 15 is 0 Å². The maximum atomic E-state index is 10.7. The first-order chi connectivity index (χ1) is 12.6. The third-order valence-electron chi connectivity index (χ3n) is 4.11. The number of nitro benzene ring substituents is 1. The summed E-state index contributed by atoms with van der Waals surface area (Å²) in [6, 6.07) is 10.5. The summed E-state index contributed by atoms with van der Waals surface area (Å²) in [5.74, 6) is 1.21. The zero-order valence-electron chi connectivity index (χ0n) is 14.5. The van der Waals surface area contributed by atoms with Gasteiger partial charge in [-0.3, -0.25) is 10.1 Å². The fraction of sp³-hybridized carbons (Fsp3) is 0.368. The van der Waals surface area contributed by atoms with Gasteiger partial charge in [0.05, 0.1) is 11.5 Å². The van der Waals surface area contributed by atoms with E-state index in [9.17, 15) is 10.1 Å². The van der Waals surface area contributed by atoms with E-state index in [0.717, 1.165) is 11.1 Å². The Hall–Kier alpha value is -2.31. The van der Waals surface area contributed by atoms with Gasteiger partial charge in [0, 0.05) is 35.8 Å². The zero-order valence-corrected chi connectivity index (χ0v) is 15.3. The van der Waals surface area contributed by atoms with Gasteiger partial charge in [0.2, 0.25) is 0 Å². The molecule has 0 bridgehead atoms. The van der Waals surface area contributed by atoms with Crippen LogP contribution in [-0.4, -0.2) is 17.6 Å². The molecular formula is C19H21ClN2O4. The lowest BCUT2D eigenvalue weighted by molar-refractivity contribution is -0.384. The normalized spacial score (nSPS) is 13.5. The maximum absolute atomic E-state index is 10.7. The average molecular weight is 377 g/mol. The Morgan fingerprint density at radius 1 is 1.19 bits per heavy atom. The summed E-state index contributed by atoms with van der Waals surface area (Å²) in [5.41, 5.74) is 1.86. The standard InChI is InChI=1S/C19H21ClN2O4/c1-2-25-18-9-14(11-21-15-5-6-15)17(20)10-19(18)26-12-13-3-7-16(8-4-13)22(23)24/h3-4,7-10,15,21H,2,5-6,11-12H2,1H3. The maximum Gasteiger partial charge on any atom is 0.269 e. The molecule has 138 valence electrons.